The van der Waals surface area contributed by atoms with Gasteiger partial charge in [-0.15, -0.1) is 0 Å². The van der Waals surface area contributed by atoms with E-state index < -0.39 is 17.3 Å². The number of benzene rings is 2. The van der Waals surface area contributed by atoms with E-state index in [2.05, 4.69) is 21.2 Å². The van der Waals surface area contributed by atoms with Crippen molar-refractivity contribution in [2.24, 2.45) is 5.73 Å². The summed E-state index contributed by atoms with van der Waals surface area (Å²) in [6.45, 7) is 1.63. The first kappa shape index (κ1) is 15.8. The average Bonchev–Trinajstić information content (AvgIpc) is 2.41. The van der Waals surface area contributed by atoms with E-state index in [1.807, 2.05) is 0 Å². The third-order valence-electron chi connectivity index (χ3n) is 3.21. The Morgan fingerprint density at radius 2 is 2.05 bits per heavy atom. The Hall–Kier alpha value is -1.59. The van der Waals surface area contributed by atoms with Crippen molar-refractivity contribution < 1.29 is 9.18 Å². The summed E-state index contributed by atoms with van der Waals surface area (Å²) in [5, 5.41) is 3.59. The monoisotopic (exact) mass is 370 g/mol. The molecule has 0 aromatic heterocycles. The van der Waals surface area contributed by atoms with Gasteiger partial charge in [0.05, 0.1) is 4.47 Å². The van der Waals surface area contributed by atoms with Crippen molar-refractivity contribution in [1.29, 1.82) is 0 Å². The lowest BCUT2D eigenvalue weighted by Gasteiger charge is -2.29. The fraction of sp³-hybridized carbons (Fsp3) is 0.133. The highest BCUT2D eigenvalue weighted by Crippen LogP contribution is 2.30. The van der Waals surface area contributed by atoms with Gasteiger partial charge in [0.2, 0.25) is 5.91 Å². The van der Waals surface area contributed by atoms with Crippen LogP contribution in [0, 0.1) is 5.82 Å². The van der Waals surface area contributed by atoms with Crippen LogP contribution in [0.2, 0.25) is 5.02 Å². The Kier molecular flexibility index (Phi) is 4.54. The van der Waals surface area contributed by atoms with Gasteiger partial charge in [0.15, 0.2) is 0 Å². The predicted octanol–water partition coefficient (Wildman–Crippen LogP) is 4.05. The number of nitrogens with one attached hydrogen (secondary N) is 1. The minimum atomic E-state index is -1.19. The summed E-state index contributed by atoms with van der Waals surface area (Å²) in [7, 11) is 0. The summed E-state index contributed by atoms with van der Waals surface area (Å²) in [5.74, 6) is -0.991. The highest BCUT2D eigenvalue weighted by Gasteiger charge is 2.33. The molecule has 1 atom stereocenters. The quantitative estimate of drug-likeness (QED) is 0.852. The maximum absolute atomic E-state index is 13.4. The summed E-state index contributed by atoms with van der Waals surface area (Å²) < 4.78 is 13.6. The topological polar surface area (TPSA) is 55.1 Å². The molecule has 0 aliphatic heterocycles. The number of anilines is 1. The third-order valence-corrected chi connectivity index (χ3v) is 4.05. The van der Waals surface area contributed by atoms with E-state index >= 15 is 0 Å². The van der Waals surface area contributed by atoms with Crippen LogP contribution in [-0.4, -0.2) is 5.91 Å². The molecule has 0 aliphatic carbocycles. The first-order valence-electron chi connectivity index (χ1n) is 6.12. The molecule has 0 saturated carbocycles. The van der Waals surface area contributed by atoms with Crippen molar-refractivity contribution in [1.82, 2.24) is 0 Å². The van der Waals surface area contributed by atoms with Crippen molar-refractivity contribution in [3.05, 3.63) is 63.3 Å². The average molecular weight is 372 g/mol. The second-order valence-electron chi connectivity index (χ2n) is 4.75. The number of rotatable bonds is 4. The molecule has 0 spiro atoms. The molecule has 21 heavy (non-hydrogen) atoms. The van der Waals surface area contributed by atoms with Crippen molar-refractivity contribution in [3.63, 3.8) is 0 Å². The van der Waals surface area contributed by atoms with E-state index in [4.69, 9.17) is 17.3 Å². The van der Waals surface area contributed by atoms with Crippen LogP contribution in [0.3, 0.4) is 0 Å². The number of hydrogen-bond acceptors (Lipinski definition) is 2. The largest absolute Gasteiger partial charge is 0.368 e. The van der Waals surface area contributed by atoms with E-state index in [0.29, 0.717) is 16.3 Å². The molecular formula is C15H13BrClFN2O. The van der Waals surface area contributed by atoms with Gasteiger partial charge >= 0.3 is 0 Å². The third kappa shape index (κ3) is 3.36. The molecule has 2 rings (SSSR count). The van der Waals surface area contributed by atoms with Crippen molar-refractivity contribution in [3.8, 4) is 0 Å². The molecule has 110 valence electrons. The first-order valence-corrected chi connectivity index (χ1v) is 7.29. The maximum atomic E-state index is 13.4. The SMILES string of the molecule is CC(Nc1cccc(Cl)c1)(C(N)=O)c1ccc(F)c(Br)c1. The zero-order valence-electron chi connectivity index (χ0n) is 11.2. The molecule has 0 aliphatic rings. The zero-order chi connectivity index (χ0) is 15.6. The molecule has 3 nitrogen and oxygen atoms in total. The zero-order valence-corrected chi connectivity index (χ0v) is 13.5. The lowest BCUT2D eigenvalue weighted by molar-refractivity contribution is -0.122. The molecule has 0 saturated heterocycles. The van der Waals surface area contributed by atoms with Gasteiger partial charge in [-0.2, -0.15) is 0 Å². The van der Waals surface area contributed by atoms with Gasteiger partial charge in [-0.25, -0.2) is 4.39 Å². The number of carbonyl (C=O) groups is 1. The molecule has 0 heterocycles. The van der Waals surface area contributed by atoms with E-state index in [1.54, 1.807) is 31.2 Å². The van der Waals surface area contributed by atoms with Crippen molar-refractivity contribution in [2.45, 2.75) is 12.5 Å². The Morgan fingerprint density at radius 3 is 2.62 bits per heavy atom. The summed E-state index contributed by atoms with van der Waals surface area (Å²) in [4.78, 5) is 11.9. The van der Waals surface area contributed by atoms with Crippen LogP contribution in [0.5, 0.6) is 0 Å². The molecule has 2 aromatic rings. The Labute approximate surface area is 135 Å². The van der Waals surface area contributed by atoms with E-state index in [1.165, 1.54) is 18.2 Å². The molecule has 3 N–H and O–H groups in total. The lowest BCUT2D eigenvalue weighted by atomic mass is 9.90. The van der Waals surface area contributed by atoms with Gasteiger partial charge in [0.1, 0.15) is 11.4 Å². The molecule has 0 bridgehead atoms. The van der Waals surface area contributed by atoms with Crippen LogP contribution in [0.4, 0.5) is 10.1 Å². The standard InChI is InChI=1S/C15H13BrClFN2O/c1-15(14(19)21,9-5-6-13(18)12(16)7-9)20-11-4-2-3-10(17)8-11/h2-8,20H,1H3,(H2,19,21). The van der Waals surface area contributed by atoms with Gasteiger partial charge in [0, 0.05) is 10.7 Å². The molecule has 1 unspecified atom stereocenters. The van der Waals surface area contributed by atoms with Crippen molar-refractivity contribution >= 4 is 39.1 Å². The number of nitrogens with two attached hydrogens (primary N) is 1. The predicted molar refractivity (Wildman–Crippen MR) is 85.7 cm³/mol. The summed E-state index contributed by atoms with van der Waals surface area (Å²) in [6, 6.07) is 11.3. The number of halogens is 3. The smallest absolute Gasteiger partial charge is 0.247 e. The second-order valence-corrected chi connectivity index (χ2v) is 6.04. The minimum Gasteiger partial charge on any atom is -0.368 e. The van der Waals surface area contributed by atoms with Crippen LogP contribution in [0.1, 0.15) is 12.5 Å². The van der Waals surface area contributed by atoms with Gasteiger partial charge in [-0.1, -0.05) is 23.7 Å². The molecule has 0 radical (unpaired) electrons. The normalized spacial score (nSPS) is 13.5. The van der Waals surface area contributed by atoms with E-state index in [-0.39, 0.29) is 4.47 Å². The van der Waals surface area contributed by atoms with Crippen LogP contribution < -0.4 is 11.1 Å². The number of primary amides is 1. The second kappa shape index (κ2) is 6.03. The Morgan fingerprint density at radius 1 is 1.33 bits per heavy atom. The molecule has 0 fully saturated rings. The highest BCUT2D eigenvalue weighted by molar-refractivity contribution is 9.10. The van der Waals surface area contributed by atoms with Gasteiger partial charge in [0.25, 0.3) is 0 Å². The van der Waals surface area contributed by atoms with E-state index in [0.717, 1.165) is 0 Å². The van der Waals surface area contributed by atoms with Crippen LogP contribution in [-0.2, 0) is 10.3 Å². The van der Waals surface area contributed by atoms with E-state index in [9.17, 15) is 9.18 Å². The molecule has 2 aromatic carbocycles. The van der Waals surface area contributed by atoms with Crippen LogP contribution in [0.15, 0.2) is 46.9 Å². The van der Waals surface area contributed by atoms with Gasteiger partial charge in [-0.05, 0) is 58.7 Å². The lowest BCUT2D eigenvalue weighted by Crippen LogP contribution is -2.45. The molecule has 1 amide bonds. The number of carbonyl (C=O) groups excluding carboxylic acids is 1. The minimum absolute atomic E-state index is 0.264. The highest BCUT2D eigenvalue weighted by atomic mass is 79.9. The van der Waals surface area contributed by atoms with Crippen LogP contribution in [0.25, 0.3) is 0 Å². The molecule has 6 heteroatoms. The fourth-order valence-corrected chi connectivity index (χ4v) is 2.51. The van der Waals surface area contributed by atoms with Crippen LogP contribution >= 0.6 is 27.5 Å². The van der Waals surface area contributed by atoms with Crippen molar-refractivity contribution in [2.75, 3.05) is 5.32 Å². The maximum Gasteiger partial charge on any atom is 0.247 e. The van der Waals surface area contributed by atoms with Gasteiger partial charge < -0.3 is 11.1 Å². The van der Waals surface area contributed by atoms with Gasteiger partial charge in [-0.3, -0.25) is 4.79 Å². The number of hydrogen-bond donors (Lipinski definition) is 2. The number of amides is 1. The molecular weight excluding hydrogens is 359 g/mol. The Balaban J connectivity index is 2.45. The fourth-order valence-electron chi connectivity index (χ4n) is 1.94. The summed E-state index contributed by atoms with van der Waals surface area (Å²) in [5.41, 5.74) is 5.53. The summed E-state index contributed by atoms with van der Waals surface area (Å²) in [6.07, 6.45) is 0. The summed E-state index contributed by atoms with van der Waals surface area (Å²) >= 11 is 9.04. The first-order chi connectivity index (χ1) is 9.83. The Bertz CT molecular complexity index is 695.